The lowest BCUT2D eigenvalue weighted by molar-refractivity contribution is 0.228. The van der Waals surface area contributed by atoms with Crippen LogP contribution in [0.15, 0.2) is 24.5 Å². The fourth-order valence-corrected chi connectivity index (χ4v) is 3.53. The van der Waals surface area contributed by atoms with Gasteiger partial charge in [0.1, 0.15) is 5.52 Å². The Balaban J connectivity index is 2.07. The number of rotatable bonds is 1. The van der Waals surface area contributed by atoms with Crippen molar-refractivity contribution in [3.8, 4) is 0 Å². The molecule has 0 amide bonds. The normalized spacial score (nSPS) is 21.4. The maximum atomic E-state index is 4.73. The maximum Gasteiger partial charge on any atom is 0.156 e. The zero-order chi connectivity index (χ0) is 13.7. The zero-order valence-corrected chi connectivity index (χ0v) is 12.1. The van der Waals surface area contributed by atoms with Crippen molar-refractivity contribution in [1.82, 2.24) is 15.0 Å². The van der Waals surface area contributed by atoms with Gasteiger partial charge in [-0.15, -0.1) is 0 Å². The van der Waals surface area contributed by atoms with Gasteiger partial charge >= 0.3 is 0 Å². The summed E-state index contributed by atoms with van der Waals surface area (Å²) < 4.78 is 0. The molecule has 3 nitrogen and oxygen atoms in total. The van der Waals surface area contributed by atoms with Crippen LogP contribution in [0.2, 0.25) is 0 Å². The molecule has 0 aromatic carbocycles. The molecule has 0 spiro atoms. The number of fused-ring (bicyclic) bond motifs is 1. The van der Waals surface area contributed by atoms with Gasteiger partial charge in [0.05, 0.1) is 11.9 Å². The fraction of sp³-hybridized carbons (Fsp3) is 0.500. The monoisotopic (exact) mass is 255 g/mol. The van der Waals surface area contributed by atoms with Crippen molar-refractivity contribution in [2.45, 2.75) is 40.5 Å². The molecule has 0 bridgehead atoms. The van der Waals surface area contributed by atoms with E-state index in [-0.39, 0.29) is 5.41 Å². The summed E-state index contributed by atoms with van der Waals surface area (Å²) >= 11 is 0. The smallest absolute Gasteiger partial charge is 0.156 e. The number of nitrogens with zero attached hydrogens (tertiary/aromatic N) is 2. The Morgan fingerprint density at radius 2 is 2.00 bits per heavy atom. The lowest BCUT2D eigenvalue weighted by Crippen LogP contribution is -2.27. The van der Waals surface area contributed by atoms with Gasteiger partial charge in [-0.05, 0) is 35.3 Å². The Kier molecular flexibility index (Phi) is 2.56. The molecule has 1 aliphatic carbocycles. The summed E-state index contributed by atoms with van der Waals surface area (Å²) in [5.74, 6) is 0. The van der Waals surface area contributed by atoms with Gasteiger partial charge in [-0.2, -0.15) is 0 Å². The van der Waals surface area contributed by atoms with Crippen molar-refractivity contribution in [2.75, 3.05) is 0 Å². The van der Waals surface area contributed by atoms with Crippen LogP contribution in [0.5, 0.6) is 0 Å². The van der Waals surface area contributed by atoms with E-state index < -0.39 is 0 Å². The first kappa shape index (κ1) is 12.4. The Labute approximate surface area is 114 Å². The predicted octanol–water partition coefficient (Wildman–Crippen LogP) is 4.19. The van der Waals surface area contributed by atoms with Gasteiger partial charge in [-0.1, -0.05) is 33.8 Å². The van der Waals surface area contributed by atoms with Gasteiger partial charge in [0.25, 0.3) is 0 Å². The molecule has 2 heterocycles. The SMILES string of the molecule is CC1(C)C=C(c2cnc3[nH]ccc3n2)CC(C)(C)C1. The summed E-state index contributed by atoms with van der Waals surface area (Å²) in [5.41, 5.74) is 4.71. The molecule has 0 saturated heterocycles. The maximum absolute atomic E-state index is 4.73. The van der Waals surface area contributed by atoms with E-state index in [1.54, 1.807) is 0 Å². The van der Waals surface area contributed by atoms with Crippen LogP contribution in [0.4, 0.5) is 0 Å². The van der Waals surface area contributed by atoms with Crippen molar-refractivity contribution in [3.05, 3.63) is 30.2 Å². The summed E-state index contributed by atoms with van der Waals surface area (Å²) in [4.78, 5) is 12.3. The highest BCUT2D eigenvalue weighted by molar-refractivity contribution is 5.74. The average molecular weight is 255 g/mol. The van der Waals surface area contributed by atoms with Crippen molar-refractivity contribution in [2.24, 2.45) is 10.8 Å². The first-order valence-electron chi connectivity index (χ1n) is 6.87. The van der Waals surface area contributed by atoms with Crippen molar-refractivity contribution in [1.29, 1.82) is 0 Å². The van der Waals surface area contributed by atoms with E-state index in [0.717, 1.165) is 23.3 Å². The second-order valence-corrected chi connectivity index (χ2v) is 7.14. The highest BCUT2D eigenvalue weighted by Gasteiger charge is 2.33. The highest BCUT2D eigenvalue weighted by atomic mass is 14.9. The number of H-pyrrole nitrogens is 1. The van der Waals surface area contributed by atoms with E-state index in [1.165, 1.54) is 12.0 Å². The quantitative estimate of drug-likeness (QED) is 0.830. The third-order valence-corrected chi connectivity index (χ3v) is 3.76. The molecule has 3 heteroatoms. The van der Waals surface area contributed by atoms with Gasteiger partial charge in [0.15, 0.2) is 5.65 Å². The summed E-state index contributed by atoms with van der Waals surface area (Å²) in [6.45, 7) is 9.28. The molecule has 2 aromatic rings. The lowest BCUT2D eigenvalue weighted by Gasteiger charge is -2.39. The molecule has 1 N–H and O–H groups in total. The predicted molar refractivity (Wildman–Crippen MR) is 78.7 cm³/mol. The van der Waals surface area contributed by atoms with E-state index in [2.05, 4.69) is 43.7 Å². The number of hydrogen-bond acceptors (Lipinski definition) is 2. The molecule has 1 aliphatic rings. The molecule has 100 valence electrons. The molecular weight excluding hydrogens is 234 g/mol. The highest BCUT2D eigenvalue weighted by Crippen LogP contribution is 2.46. The first-order chi connectivity index (χ1) is 8.85. The zero-order valence-electron chi connectivity index (χ0n) is 12.1. The molecule has 19 heavy (non-hydrogen) atoms. The summed E-state index contributed by atoms with van der Waals surface area (Å²) in [7, 11) is 0. The van der Waals surface area contributed by atoms with E-state index in [1.807, 2.05) is 18.5 Å². The van der Waals surface area contributed by atoms with Crippen LogP contribution in [0, 0.1) is 10.8 Å². The number of allylic oxidation sites excluding steroid dienone is 2. The van der Waals surface area contributed by atoms with Crippen LogP contribution in [-0.2, 0) is 0 Å². The second kappa shape index (κ2) is 3.92. The van der Waals surface area contributed by atoms with Crippen molar-refractivity contribution < 1.29 is 0 Å². The van der Waals surface area contributed by atoms with Crippen LogP contribution in [-0.4, -0.2) is 15.0 Å². The lowest BCUT2D eigenvalue weighted by atomic mass is 9.66. The molecular formula is C16H21N3. The topological polar surface area (TPSA) is 41.6 Å². The molecule has 0 saturated carbocycles. The van der Waals surface area contributed by atoms with E-state index in [0.29, 0.717) is 5.41 Å². The van der Waals surface area contributed by atoms with Crippen LogP contribution in [0.25, 0.3) is 16.7 Å². The minimum Gasteiger partial charge on any atom is -0.345 e. The Hall–Kier alpha value is -1.64. The standard InChI is InChI=1S/C16H21N3/c1-15(2)7-11(8-16(3,4)10-15)13-9-18-14-12(19-13)5-6-17-14/h5-7,9H,8,10H2,1-4H3,(H,17,18). The Morgan fingerprint density at radius 1 is 1.21 bits per heavy atom. The van der Waals surface area contributed by atoms with Gasteiger partial charge in [0, 0.05) is 6.20 Å². The van der Waals surface area contributed by atoms with Gasteiger partial charge < -0.3 is 4.98 Å². The molecule has 0 unspecified atom stereocenters. The average Bonchev–Trinajstić information content (AvgIpc) is 2.71. The molecule has 2 aromatic heterocycles. The largest absolute Gasteiger partial charge is 0.345 e. The van der Waals surface area contributed by atoms with Gasteiger partial charge in [-0.3, -0.25) is 0 Å². The molecule has 0 fully saturated rings. The Morgan fingerprint density at radius 3 is 2.74 bits per heavy atom. The number of hydrogen-bond donors (Lipinski definition) is 1. The minimum atomic E-state index is 0.228. The van der Waals surface area contributed by atoms with Crippen LogP contribution < -0.4 is 0 Å². The molecule has 0 atom stereocenters. The molecule has 3 rings (SSSR count). The van der Waals surface area contributed by atoms with Crippen molar-refractivity contribution >= 4 is 16.7 Å². The summed E-state index contributed by atoms with van der Waals surface area (Å²) in [5, 5.41) is 0. The summed E-state index contributed by atoms with van der Waals surface area (Å²) in [6.07, 6.45) is 8.44. The third-order valence-electron chi connectivity index (χ3n) is 3.76. The van der Waals surface area contributed by atoms with Crippen LogP contribution >= 0.6 is 0 Å². The summed E-state index contributed by atoms with van der Waals surface area (Å²) in [6, 6.07) is 1.98. The minimum absolute atomic E-state index is 0.228. The van der Waals surface area contributed by atoms with Crippen LogP contribution in [0.3, 0.4) is 0 Å². The van der Waals surface area contributed by atoms with E-state index in [9.17, 15) is 0 Å². The van der Waals surface area contributed by atoms with E-state index >= 15 is 0 Å². The second-order valence-electron chi connectivity index (χ2n) is 7.14. The van der Waals surface area contributed by atoms with Crippen LogP contribution in [0.1, 0.15) is 46.2 Å². The Bertz CT molecular complexity index is 647. The van der Waals surface area contributed by atoms with Gasteiger partial charge in [-0.25, -0.2) is 9.97 Å². The molecule has 0 aliphatic heterocycles. The first-order valence-corrected chi connectivity index (χ1v) is 6.87. The fourth-order valence-electron chi connectivity index (χ4n) is 3.53. The number of aromatic nitrogens is 3. The number of aromatic amines is 1. The van der Waals surface area contributed by atoms with E-state index in [4.69, 9.17) is 4.98 Å². The molecule has 0 radical (unpaired) electrons. The van der Waals surface area contributed by atoms with Crippen molar-refractivity contribution in [3.63, 3.8) is 0 Å². The van der Waals surface area contributed by atoms with Gasteiger partial charge in [0.2, 0.25) is 0 Å². The number of nitrogens with one attached hydrogen (secondary N) is 1. The third kappa shape index (κ3) is 2.42.